The Morgan fingerprint density at radius 3 is 2.43 bits per heavy atom. The first kappa shape index (κ1) is 12.1. The molecule has 0 amide bonds. The Kier molecular flexibility index (Phi) is 3.64. The molecule has 1 aliphatic rings. The van der Waals surface area contributed by atoms with Crippen molar-refractivity contribution in [2.45, 2.75) is 39.2 Å². The fourth-order valence-electron chi connectivity index (χ4n) is 2.48. The topological polar surface area (TPSA) is 20.3 Å². The third-order valence-electron chi connectivity index (χ3n) is 3.46. The number of nitrogens with zero attached hydrogens (tertiary/aromatic N) is 1. The minimum absolute atomic E-state index is 0.477. The second kappa shape index (κ2) is 4.23. The quantitative estimate of drug-likeness (QED) is 0.662. The molecule has 0 bridgehead atoms. The molecule has 1 aliphatic carbocycles. The van der Waals surface area contributed by atoms with Crippen LogP contribution in [-0.2, 0) is 9.71 Å². The minimum Gasteiger partial charge on any atom is -0.253 e. The van der Waals surface area contributed by atoms with Crippen molar-refractivity contribution in [3.05, 3.63) is 0 Å². The SMILES string of the molecule is C=S(C)(=O)N(C)C1CCC[C@H]1C(C)C. The van der Waals surface area contributed by atoms with Crippen molar-refractivity contribution in [2.75, 3.05) is 13.3 Å². The Labute approximate surface area is 88.8 Å². The lowest BCUT2D eigenvalue weighted by Gasteiger charge is -2.32. The van der Waals surface area contributed by atoms with Crippen LogP contribution in [0.5, 0.6) is 0 Å². The third-order valence-corrected chi connectivity index (χ3v) is 4.95. The van der Waals surface area contributed by atoms with Crippen molar-refractivity contribution >= 4 is 15.6 Å². The van der Waals surface area contributed by atoms with Gasteiger partial charge in [-0.05, 0) is 37.6 Å². The van der Waals surface area contributed by atoms with Crippen LogP contribution in [0.1, 0.15) is 33.1 Å². The normalized spacial score (nSPS) is 32.4. The summed E-state index contributed by atoms with van der Waals surface area (Å²) < 4.78 is 13.9. The summed E-state index contributed by atoms with van der Waals surface area (Å²) in [6, 6.07) is 0.477. The van der Waals surface area contributed by atoms with Gasteiger partial charge in [0.15, 0.2) is 0 Å². The third kappa shape index (κ3) is 2.51. The number of hydrogen-bond donors (Lipinski definition) is 0. The highest BCUT2D eigenvalue weighted by Gasteiger charge is 2.33. The first-order chi connectivity index (χ1) is 6.34. The van der Waals surface area contributed by atoms with Crippen LogP contribution in [0, 0.1) is 11.8 Å². The van der Waals surface area contributed by atoms with Crippen LogP contribution in [0.2, 0.25) is 0 Å². The van der Waals surface area contributed by atoms with E-state index in [2.05, 4.69) is 19.7 Å². The molecular formula is C11H23NOS. The van der Waals surface area contributed by atoms with Crippen molar-refractivity contribution in [3.8, 4) is 0 Å². The predicted octanol–water partition coefficient (Wildman–Crippen LogP) is 2.00. The second-order valence-electron chi connectivity index (χ2n) is 4.91. The van der Waals surface area contributed by atoms with E-state index in [9.17, 15) is 4.21 Å². The Hall–Kier alpha value is -0.0200. The summed E-state index contributed by atoms with van der Waals surface area (Å²) in [5, 5.41) is 0. The summed E-state index contributed by atoms with van der Waals surface area (Å²) in [5.41, 5.74) is 0. The van der Waals surface area contributed by atoms with Gasteiger partial charge in [0, 0.05) is 22.0 Å². The highest BCUT2D eigenvalue weighted by Crippen LogP contribution is 2.35. The molecule has 3 atom stereocenters. The van der Waals surface area contributed by atoms with Crippen LogP contribution in [0.25, 0.3) is 0 Å². The van der Waals surface area contributed by atoms with E-state index in [4.69, 9.17) is 0 Å². The van der Waals surface area contributed by atoms with Gasteiger partial charge in [0.2, 0.25) is 0 Å². The van der Waals surface area contributed by atoms with E-state index in [1.54, 1.807) is 6.26 Å². The van der Waals surface area contributed by atoms with Crippen molar-refractivity contribution in [1.29, 1.82) is 0 Å². The van der Waals surface area contributed by atoms with Crippen LogP contribution in [0.3, 0.4) is 0 Å². The lowest BCUT2D eigenvalue weighted by molar-refractivity contribution is 0.255. The molecule has 0 spiro atoms. The van der Waals surface area contributed by atoms with Crippen LogP contribution in [0.4, 0.5) is 0 Å². The molecule has 0 radical (unpaired) electrons. The summed E-state index contributed by atoms with van der Waals surface area (Å²) in [6.45, 7) is 4.52. The van der Waals surface area contributed by atoms with Crippen LogP contribution in [-0.4, -0.2) is 33.7 Å². The van der Waals surface area contributed by atoms with Gasteiger partial charge in [-0.15, -0.1) is 0 Å². The van der Waals surface area contributed by atoms with Gasteiger partial charge in [-0.2, -0.15) is 0 Å². The van der Waals surface area contributed by atoms with E-state index < -0.39 is 9.71 Å². The van der Waals surface area contributed by atoms with E-state index in [1.165, 1.54) is 19.3 Å². The lowest BCUT2D eigenvalue weighted by atomic mass is 9.91. The van der Waals surface area contributed by atoms with Gasteiger partial charge in [-0.3, -0.25) is 4.21 Å². The lowest BCUT2D eigenvalue weighted by Crippen LogP contribution is -2.40. The molecule has 1 rings (SSSR count). The molecule has 1 saturated carbocycles. The zero-order chi connectivity index (χ0) is 10.9. The average Bonchev–Trinajstić information content (AvgIpc) is 2.48. The summed E-state index contributed by atoms with van der Waals surface area (Å²) in [7, 11) is -0.0603. The summed E-state index contributed by atoms with van der Waals surface area (Å²) in [6.07, 6.45) is 5.47. The first-order valence-corrected chi connectivity index (χ1v) is 7.48. The molecule has 0 aromatic rings. The molecule has 1 fully saturated rings. The van der Waals surface area contributed by atoms with E-state index in [1.807, 2.05) is 11.4 Å². The maximum atomic E-state index is 11.9. The Balaban J connectivity index is 2.77. The van der Waals surface area contributed by atoms with Gasteiger partial charge in [0.1, 0.15) is 0 Å². The smallest absolute Gasteiger partial charge is 0.0247 e. The molecule has 84 valence electrons. The number of hydrogen-bond acceptors (Lipinski definition) is 1. The van der Waals surface area contributed by atoms with Crippen molar-refractivity contribution < 1.29 is 4.21 Å². The van der Waals surface area contributed by atoms with Crippen LogP contribution in [0.15, 0.2) is 0 Å². The zero-order valence-corrected chi connectivity index (χ0v) is 10.6. The second-order valence-corrected chi connectivity index (χ2v) is 7.41. The molecule has 0 aliphatic heterocycles. The fraction of sp³-hybridized carbons (Fsp3) is 0.909. The Bertz CT molecular complexity index is 282. The Morgan fingerprint density at radius 1 is 1.43 bits per heavy atom. The van der Waals surface area contributed by atoms with Gasteiger partial charge in [0.25, 0.3) is 0 Å². The first-order valence-electron chi connectivity index (χ1n) is 5.39. The van der Waals surface area contributed by atoms with Gasteiger partial charge in [-0.25, -0.2) is 4.31 Å². The monoisotopic (exact) mass is 217 g/mol. The van der Waals surface area contributed by atoms with Gasteiger partial charge in [-0.1, -0.05) is 20.3 Å². The summed E-state index contributed by atoms with van der Waals surface area (Å²) >= 11 is 0. The average molecular weight is 217 g/mol. The summed E-state index contributed by atoms with van der Waals surface area (Å²) in [4.78, 5) is 0. The van der Waals surface area contributed by atoms with E-state index in [-0.39, 0.29) is 0 Å². The predicted molar refractivity (Wildman–Crippen MR) is 64.9 cm³/mol. The standard InChI is InChI=1S/C11H23NOS/c1-9(2)10-7-6-8-11(10)12(3)14(4,5)13/h9-11H,4,6-8H2,1-3,5H3/t10-,11?,14?/m0/s1. The van der Waals surface area contributed by atoms with Crippen molar-refractivity contribution in [3.63, 3.8) is 0 Å². The summed E-state index contributed by atoms with van der Waals surface area (Å²) in [5.74, 6) is 5.15. The minimum atomic E-state index is -2.02. The molecule has 2 unspecified atom stereocenters. The molecule has 0 heterocycles. The number of rotatable bonds is 3. The molecule has 14 heavy (non-hydrogen) atoms. The molecule has 0 aromatic carbocycles. The molecule has 0 aromatic heterocycles. The Morgan fingerprint density at radius 2 is 2.00 bits per heavy atom. The van der Waals surface area contributed by atoms with Crippen molar-refractivity contribution in [2.24, 2.45) is 11.8 Å². The highest BCUT2D eigenvalue weighted by atomic mass is 32.2. The van der Waals surface area contributed by atoms with Crippen LogP contribution < -0.4 is 0 Å². The largest absolute Gasteiger partial charge is 0.253 e. The van der Waals surface area contributed by atoms with Crippen molar-refractivity contribution in [1.82, 2.24) is 4.31 Å². The fourth-order valence-corrected chi connectivity index (χ4v) is 3.32. The van der Waals surface area contributed by atoms with Crippen LogP contribution >= 0.6 is 0 Å². The molecule has 3 heteroatoms. The molecule has 0 N–H and O–H groups in total. The maximum Gasteiger partial charge on any atom is 0.0247 e. The van der Waals surface area contributed by atoms with E-state index in [0.717, 1.165) is 0 Å². The van der Waals surface area contributed by atoms with Gasteiger partial charge < -0.3 is 0 Å². The van der Waals surface area contributed by atoms with E-state index >= 15 is 0 Å². The molecule has 0 saturated heterocycles. The van der Waals surface area contributed by atoms with Gasteiger partial charge >= 0.3 is 0 Å². The molecular weight excluding hydrogens is 194 g/mol. The molecule has 2 nitrogen and oxygen atoms in total. The maximum absolute atomic E-state index is 11.9. The zero-order valence-electron chi connectivity index (χ0n) is 9.82. The highest BCUT2D eigenvalue weighted by molar-refractivity contribution is 7.97. The van der Waals surface area contributed by atoms with E-state index in [0.29, 0.717) is 17.9 Å². The van der Waals surface area contributed by atoms with Gasteiger partial charge in [0.05, 0.1) is 0 Å².